The van der Waals surface area contributed by atoms with Gasteiger partial charge in [0.05, 0.1) is 17.0 Å². The third-order valence-corrected chi connectivity index (χ3v) is 7.32. The number of piperidine rings is 1. The number of benzene rings is 2. The lowest BCUT2D eigenvalue weighted by Crippen LogP contribution is -2.53. The number of nitrogens with one attached hydrogen (secondary N) is 1. The van der Waals surface area contributed by atoms with E-state index in [2.05, 4.69) is 10.2 Å². The molecule has 6 nitrogen and oxygen atoms in total. The van der Waals surface area contributed by atoms with Crippen LogP contribution >= 0.6 is 11.6 Å². The van der Waals surface area contributed by atoms with Gasteiger partial charge in [0, 0.05) is 31.6 Å². The van der Waals surface area contributed by atoms with E-state index in [1.165, 1.54) is 0 Å². The largest absolute Gasteiger partial charge is 0.336 e. The van der Waals surface area contributed by atoms with Gasteiger partial charge < -0.3 is 4.90 Å². The zero-order valence-electron chi connectivity index (χ0n) is 17.9. The van der Waals surface area contributed by atoms with Gasteiger partial charge in [-0.15, -0.1) is 0 Å². The molecule has 0 aliphatic carbocycles. The van der Waals surface area contributed by atoms with E-state index in [9.17, 15) is 14.4 Å². The fourth-order valence-corrected chi connectivity index (χ4v) is 5.51. The van der Waals surface area contributed by atoms with Crippen molar-refractivity contribution in [1.82, 2.24) is 15.1 Å². The Bertz CT molecular complexity index is 1070. The normalized spacial score (nSPS) is 23.9. The molecule has 7 heteroatoms. The molecule has 32 heavy (non-hydrogen) atoms. The molecule has 5 rings (SSSR count). The van der Waals surface area contributed by atoms with Crippen molar-refractivity contribution in [2.75, 3.05) is 19.6 Å². The first-order valence-corrected chi connectivity index (χ1v) is 11.6. The molecule has 1 N–H and O–H groups in total. The summed E-state index contributed by atoms with van der Waals surface area (Å²) in [6.07, 6.45) is 2.86. The average Bonchev–Trinajstić information content (AvgIpc) is 3.27. The highest BCUT2D eigenvalue weighted by molar-refractivity contribution is 6.34. The van der Waals surface area contributed by atoms with Gasteiger partial charge in [0.15, 0.2) is 0 Å². The van der Waals surface area contributed by atoms with Gasteiger partial charge in [0.25, 0.3) is 0 Å². The highest BCUT2D eigenvalue weighted by atomic mass is 35.5. The van der Waals surface area contributed by atoms with E-state index in [1.807, 2.05) is 47.4 Å². The van der Waals surface area contributed by atoms with Crippen LogP contribution in [0.15, 0.2) is 42.5 Å². The lowest BCUT2D eigenvalue weighted by atomic mass is 9.88. The Morgan fingerprint density at radius 2 is 1.78 bits per heavy atom. The third-order valence-electron chi connectivity index (χ3n) is 6.90. The molecule has 0 saturated carbocycles. The topological polar surface area (TPSA) is 69.7 Å². The van der Waals surface area contributed by atoms with E-state index < -0.39 is 5.92 Å². The lowest BCUT2D eigenvalue weighted by molar-refractivity contribution is -0.140. The molecule has 2 atom stereocenters. The van der Waals surface area contributed by atoms with Crippen molar-refractivity contribution in [2.45, 2.75) is 44.2 Å². The second kappa shape index (κ2) is 8.68. The van der Waals surface area contributed by atoms with E-state index in [4.69, 9.17) is 11.6 Å². The molecule has 0 spiro atoms. The summed E-state index contributed by atoms with van der Waals surface area (Å²) in [6.45, 7) is 3.39. The van der Waals surface area contributed by atoms with Crippen molar-refractivity contribution in [3.63, 3.8) is 0 Å². The highest BCUT2D eigenvalue weighted by Gasteiger charge is 2.37. The van der Waals surface area contributed by atoms with E-state index in [1.54, 1.807) is 0 Å². The lowest BCUT2D eigenvalue weighted by Gasteiger charge is -2.36. The Hall–Kier alpha value is -2.70. The third kappa shape index (κ3) is 3.93. The number of carbonyl (C=O) groups is 3. The molecule has 166 valence electrons. The smallest absolute Gasteiger partial charge is 0.240 e. The van der Waals surface area contributed by atoms with Crippen LogP contribution in [-0.4, -0.2) is 53.2 Å². The summed E-state index contributed by atoms with van der Waals surface area (Å²) >= 11 is 6.72. The number of hydrogen-bond donors (Lipinski definition) is 1. The number of amides is 3. The number of hydrogen-bond acceptors (Lipinski definition) is 4. The van der Waals surface area contributed by atoms with Crippen LogP contribution in [0.5, 0.6) is 0 Å². The van der Waals surface area contributed by atoms with Gasteiger partial charge in [-0.05, 0) is 42.5 Å². The average molecular weight is 452 g/mol. The molecule has 3 fully saturated rings. The second-order valence-electron chi connectivity index (χ2n) is 8.86. The predicted molar refractivity (Wildman–Crippen MR) is 122 cm³/mol. The van der Waals surface area contributed by atoms with E-state index in [-0.39, 0.29) is 23.8 Å². The van der Waals surface area contributed by atoms with Gasteiger partial charge in [-0.3, -0.25) is 24.6 Å². The molecular weight excluding hydrogens is 426 g/mol. The van der Waals surface area contributed by atoms with E-state index >= 15 is 0 Å². The Balaban J connectivity index is 1.33. The van der Waals surface area contributed by atoms with Crippen molar-refractivity contribution >= 4 is 29.3 Å². The monoisotopic (exact) mass is 451 g/mol. The summed E-state index contributed by atoms with van der Waals surface area (Å²) in [7, 11) is 0. The number of carbonyl (C=O) groups excluding carboxylic acids is 3. The molecule has 3 aliphatic heterocycles. The number of fused-ring (bicyclic) bond motifs is 1. The van der Waals surface area contributed by atoms with Gasteiger partial charge >= 0.3 is 0 Å². The minimum Gasteiger partial charge on any atom is -0.336 e. The maximum Gasteiger partial charge on any atom is 0.240 e. The molecule has 3 amide bonds. The molecule has 0 bridgehead atoms. The van der Waals surface area contributed by atoms with Crippen molar-refractivity contribution in [1.29, 1.82) is 0 Å². The molecule has 3 aliphatic rings. The minimum atomic E-state index is -0.417. The standard InChI is InChI=1S/C25H26ClN3O3/c26-23-18(3-1-4-19(23)20-10-11-22(30)27-24(20)31)17-8-6-16(7-9-17)15-29-14-13-28-12-2-5-21(28)25(29)32/h1,3-4,6-9,20-21H,2,5,10-15H2,(H,27,30,31)/t20-,21?/m1/s1. The summed E-state index contributed by atoms with van der Waals surface area (Å²) in [6, 6.07) is 13.9. The fraction of sp³-hybridized carbons (Fsp3) is 0.400. The van der Waals surface area contributed by atoms with Crippen LogP contribution in [0.2, 0.25) is 5.02 Å². The van der Waals surface area contributed by atoms with Gasteiger partial charge in [-0.25, -0.2) is 0 Å². The van der Waals surface area contributed by atoms with Crippen molar-refractivity contribution in [3.8, 4) is 11.1 Å². The molecule has 0 aromatic heterocycles. The maximum absolute atomic E-state index is 12.8. The zero-order chi connectivity index (χ0) is 22.2. The van der Waals surface area contributed by atoms with Gasteiger partial charge in [0.2, 0.25) is 17.7 Å². The maximum atomic E-state index is 12.8. The minimum absolute atomic E-state index is 0.0665. The van der Waals surface area contributed by atoms with Crippen molar-refractivity contribution < 1.29 is 14.4 Å². The van der Waals surface area contributed by atoms with E-state index in [0.717, 1.165) is 54.7 Å². The van der Waals surface area contributed by atoms with Gasteiger partial charge in [0.1, 0.15) is 0 Å². The Kier molecular flexibility index (Phi) is 5.74. The fourth-order valence-electron chi connectivity index (χ4n) is 5.14. The summed E-state index contributed by atoms with van der Waals surface area (Å²) in [4.78, 5) is 40.9. The number of halogens is 1. The van der Waals surface area contributed by atoms with Crippen molar-refractivity contribution in [2.24, 2.45) is 0 Å². The first-order chi connectivity index (χ1) is 15.5. The van der Waals surface area contributed by atoms with E-state index in [0.29, 0.717) is 24.4 Å². The van der Waals surface area contributed by atoms with Crippen LogP contribution in [0.25, 0.3) is 11.1 Å². The van der Waals surface area contributed by atoms with Crippen LogP contribution in [0.1, 0.15) is 42.7 Å². The number of nitrogens with zero attached hydrogens (tertiary/aromatic N) is 2. The van der Waals surface area contributed by atoms with Crippen molar-refractivity contribution in [3.05, 3.63) is 58.6 Å². The molecule has 2 aromatic rings. The molecule has 0 radical (unpaired) electrons. The number of imide groups is 1. The molecule has 1 unspecified atom stereocenters. The molecular formula is C25H26ClN3O3. The Morgan fingerprint density at radius 1 is 0.969 bits per heavy atom. The Morgan fingerprint density at radius 3 is 2.56 bits per heavy atom. The van der Waals surface area contributed by atoms with Crippen LogP contribution in [0, 0.1) is 0 Å². The SMILES string of the molecule is O=C1CC[C@H](c2cccc(-c3ccc(CN4CCN5CCCC5C4=O)cc3)c2Cl)C(=O)N1. The zero-order valence-corrected chi connectivity index (χ0v) is 18.6. The van der Waals surface area contributed by atoms with Crippen LogP contribution in [-0.2, 0) is 20.9 Å². The first kappa shape index (κ1) is 21.2. The summed E-state index contributed by atoms with van der Waals surface area (Å²) in [5, 5.41) is 2.95. The summed E-state index contributed by atoms with van der Waals surface area (Å²) in [5.74, 6) is -0.692. The van der Waals surface area contributed by atoms with Crippen LogP contribution in [0.3, 0.4) is 0 Å². The summed E-state index contributed by atoms with van der Waals surface area (Å²) < 4.78 is 0. The second-order valence-corrected chi connectivity index (χ2v) is 9.24. The number of piperazine rings is 1. The number of rotatable bonds is 4. The quantitative estimate of drug-likeness (QED) is 0.724. The van der Waals surface area contributed by atoms with Crippen LogP contribution < -0.4 is 5.32 Å². The molecule has 2 aromatic carbocycles. The van der Waals surface area contributed by atoms with Gasteiger partial charge in [-0.2, -0.15) is 0 Å². The molecule has 3 heterocycles. The highest BCUT2D eigenvalue weighted by Crippen LogP contribution is 2.37. The predicted octanol–water partition coefficient (Wildman–Crippen LogP) is 3.33. The Labute approximate surface area is 192 Å². The summed E-state index contributed by atoms with van der Waals surface area (Å²) in [5.41, 5.74) is 3.65. The van der Waals surface area contributed by atoms with Crippen LogP contribution in [0.4, 0.5) is 0 Å². The molecule has 3 saturated heterocycles. The first-order valence-electron chi connectivity index (χ1n) is 11.3. The van der Waals surface area contributed by atoms with Gasteiger partial charge in [-0.1, -0.05) is 54.1 Å².